The summed E-state index contributed by atoms with van der Waals surface area (Å²) in [4.78, 5) is 24.2. The minimum absolute atomic E-state index is 0.232. The van der Waals surface area contributed by atoms with Crippen LogP contribution in [-0.2, 0) is 10.2 Å². The van der Waals surface area contributed by atoms with Gasteiger partial charge in [0.1, 0.15) is 12.1 Å². The topological polar surface area (TPSA) is 102 Å². The average molecular weight is 451 g/mol. The molecule has 2 aromatic rings. The van der Waals surface area contributed by atoms with Crippen molar-refractivity contribution in [1.29, 1.82) is 0 Å². The van der Waals surface area contributed by atoms with Crippen molar-refractivity contribution in [3.63, 3.8) is 0 Å². The quantitative estimate of drug-likeness (QED) is 0.588. The number of nitrogens with two attached hydrogens (primary N) is 1. The molecule has 32 heavy (non-hydrogen) atoms. The third kappa shape index (κ3) is 5.60. The number of rotatable bonds is 7. The van der Waals surface area contributed by atoms with E-state index in [1.807, 2.05) is 5.32 Å². The lowest BCUT2D eigenvalue weighted by molar-refractivity contribution is -0.141. The smallest absolute Gasteiger partial charge is 0.365 e. The Balaban J connectivity index is 1.74. The molecule has 1 aliphatic rings. The van der Waals surface area contributed by atoms with Gasteiger partial charge < -0.3 is 16.4 Å². The van der Waals surface area contributed by atoms with Crippen molar-refractivity contribution < 1.29 is 22.8 Å². The van der Waals surface area contributed by atoms with Crippen molar-refractivity contribution in [2.45, 2.75) is 63.6 Å². The van der Waals surface area contributed by atoms with E-state index in [1.165, 1.54) is 6.42 Å². The Hall–Kier alpha value is -3.04. The van der Waals surface area contributed by atoms with Gasteiger partial charge in [-0.1, -0.05) is 31.4 Å². The van der Waals surface area contributed by atoms with Crippen molar-refractivity contribution >= 4 is 23.3 Å². The lowest BCUT2D eigenvalue weighted by Gasteiger charge is -2.25. The van der Waals surface area contributed by atoms with Crippen molar-refractivity contribution in [2.75, 3.05) is 11.9 Å². The van der Waals surface area contributed by atoms with Crippen LogP contribution in [0.4, 0.5) is 24.7 Å². The van der Waals surface area contributed by atoms with Crippen molar-refractivity contribution in [3.8, 4) is 0 Å². The Kier molecular flexibility index (Phi) is 6.80. The van der Waals surface area contributed by atoms with E-state index >= 15 is 0 Å². The number of anilines is 2. The zero-order chi connectivity index (χ0) is 23.5. The summed E-state index contributed by atoms with van der Waals surface area (Å²) in [5.74, 6) is -0.968. The van der Waals surface area contributed by atoms with Crippen LogP contribution in [0.15, 0.2) is 30.5 Å². The predicted molar refractivity (Wildman–Crippen MR) is 115 cm³/mol. The van der Waals surface area contributed by atoms with Gasteiger partial charge in [0.25, 0.3) is 5.91 Å². The third-order valence-corrected chi connectivity index (χ3v) is 5.83. The molecule has 2 amide bonds. The molecular formula is C22H28F3N5O2. The first-order valence-corrected chi connectivity index (χ1v) is 10.6. The van der Waals surface area contributed by atoms with E-state index in [1.54, 1.807) is 49.0 Å². The minimum atomic E-state index is -4.47. The van der Waals surface area contributed by atoms with Crippen LogP contribution >= 0.6 is 0 Å². The molecule has 1 aromatic carbocycles. The van der Waals surface area contributed by atoms with Crippen LogP contribution < -0.4 is 16.4 Å². The number of halogens is 3. The minimum Gasteiger partial charge on any atom is -0.365 e. The lowest BCUT2D eigenvalue weighted by atomic mass is 9.83. The van der Waals surface area contributed by atoms with E-state index in [2.05, 4.69) is 10.4 Å². The van der Waals surface area contributed by atoms with E-state index in [-0.39, 0.29) is 11.6 Å². The fourth-order valence-electron chi connectivity index (χ4n) is 3.84. The number of aromatic nitrogens is 2. The Bertz CT molecular complexity index is 961. The summed E-state index contributed by atoms with van der Waals surface area (Å²) >= 11 is 0. The first-order valence-electron chi connectivity index (χ1n) is 10.6. The highest BCUT2D eigenvalue weighted by Gasteiger charge is 2.34. The fourth-order valence-corrected chi connectivity index (χ4v) is 3.84. The second kappa shape index (κ2) is 9.22. The maximum atomic E-state index is 12.4. The molecule has 3 rings (SSSR count). The zero-order valence-corrected chi connectivity index (χ0v) is 18.1. The summed E-state index contributed by atoms with van der Waals surface area (Å²) in [6, 6.07) is 6.89. The standard InChI is InChI=1S/C22H28F3N5O2/c1-21(2,20(32)27-13-22(23,24)25)14-8-10-15(11-9-14)28-19-17(18(26)31)12-30(29-19)16-6-4-3-5-7-16/h8-12,16H,3-7,13H2,1-2H3,(H2,26,31)(H,27,32)(H,28,29). The number of amides is 2. The number of benzene rings is 1. The summed E-state index contributed by atoms with van der Waals surface area (Å²) in [6.07, 6.45) is 2.63. The number of nitrogens with zero attached hydrogens (tertiary/aromatic N) is 2. The first kappa shape index (κ1) is 23.6. The van der Waals surface area contributed by atoms with Gasteiger partial charge in [-0.3, -0.25) is 14.3 Å². The van der Waals surface area contributed by atoms with Crippen LogP contribution in [0.25, 0.3) is 0 Å². The van der Waals surface area contributed by atoms with Gasteiger partial charge in [0.2, 0.25) is 5.91 Å². The number of nitrogens with one attached hydrogen (secondary N) is 2. The summed E-state index contributed by atoms with van der Waals surface area (Å²) in [5, 5.41) is 9.54. The normalized spacial score (nSPS) is 15.4. The molecule has 0 atom stereocenters. The molecule has 0 bridgehead atoms. The second-order valence-corrected chi connectivity index (χ2v) is 8.65. The van der Waals surface area contributed by atoms with Crippen molar-refractivity contribution in [1.82, 2.24) is 15.1 Å². The van der Waals surface area contributed by atoms with Crippen LogP contribution in [0.1, 0.15) is 67.9 Å². The Morgan fingerprint density at radius 1 is 1.12 bits per heavy atom. The number of hydrogen-bond acceptors (Lipinski definition) is 4. The monoisotopic (exact) mass is 451 g/mol. The van der Waals surface area contributed by atoms with Crippen molar-refractivity contribution in [2.24, 2.45) is 5.73 Å². The zero-order valence-electron chi connectivity index (χ0n) is 18.1. The molecular weight excluding hydrogens is 423 g/mol. The number of hydrogen-bond donors (Lipinski definition) is 3. The summed E-state index contributed by atoms with van der Waals surface area (Å²) in [7, 11) is 0. The van der Waals surface area contributed by atoms with Crippen molar-refractivity contribution in [3.05, 3.63) is 41.6 Å². The summed E-state index contributed by atoms with van der Waals surface area (Å²) < 4.78 is 39.0. The van der Waals surface area contributed by atoms with E-state index in [9.17, 15) is 22.8 Å². The molecule has 1 saturated carbocycles. The highest BCUT2D eigenvalue weighted by Crippen LogP contribution is 2.31. The van der Waals surface area contributed by atoms with E-state index < -0.39 is 30.0 Å². The molecule has 0 radical (unpaired) electrons. The fraction of sp³-hybridized carbons (Fsp3) is 0.500. The Labute approximate surface area is 184 Å². The number of carbonyl (C=O) groups excluding carboxylic acids is 2. The maximum Gasteiger partial charge on any atom is 0.405 e. The average Bonchev–Trinajstić information content (AvgIpc) is 3.16. The second-order valence-electron chi connectivity index (χ2n) is 8.65. The molecule has 1 aliphatic carbocycles. The van der Waals surface area contributed by atoms with E-state index in [4.69, 9.17) is 5.73 Å². The number of alkyl halides is 3. The van der Waals surface area contributed by atoms with Gasteiger partial charge in [0, 0.05) is 11.9 Å². The third-order valence-electron chi connectivity index (χ3n) is 5.83. The molecule has 4 N–H and O–H groups in total. The SMILES string of the molecule is CC(C)(C(=O)NCC(F)(F)F)c1ccc(Nc2nn(C3CCCCC3)cc2C(N)=O)cc1. The molecule has 0 saturated heterocycles. The van der Waals surface area contributed by atoms with E-state index in [0.29, 0.717) is 17.1 Å². The van der Waals surface area contributed by atoms with Gasteiger partial charge in [-0.25, -0.2) is 0 Å². The van der Waals surface area contributed by atoms with Crippen LogP contribution in [0.2, 0.25) is 0 Å². The molecule has 174 valence electrons. The van der Waals surface area contributed by atoms with Gasteiger partial charge in [0.15, 0.2) is 5.82 Å². The number of carbonyl (C=O) groups is 2. The summed E-state index contributed by atoms with van der Waals surface area (Å²) in [6.45, 7) is 1.73. The molecule has 0 unspecified atom stereocenters. The van der Waals surface area contributed by atoms with Crippen LogP contribution in [0, 0.1) is 0 Å². The lowest BCUT2D eigenvalue weighted by Crippen LogP contribution is -2.43. The van der Waals surface area contributed by atoms with E-state index in [0.717, 1.165) is 25.7 Å². The highest BCUT2D eigenvalue weighted by molar-refractivity contribution is 5.98. The van der Waals surface area contributed by atoms with Gasteiger partial charge >= 0.3 is 6.18 Å². The Morgan fingerprint density at radius 3 is 2.31 bits per heavy atom. The highest BCUT2D eigenvalue weighted by atomic mass is 19.4. The van der Waals surface area contributed by atoms with Crippen LogP contribution in [0.5, 0.6) is 0 Å². The van der Waals surface area contributed by atoms with Crippen LogP contribution in [-0.4, -0.2) is 34.3 Å². The Morgan fingerprint density at radius 2 is 1.75 bits per heavy atom. The van der Waals surface area contributed by atoms with Gasteiger partial charge in [-0.2, -0.15) is 18.3 Å². The maximum absolute atomic E-state index is 12.4. The molecule has 1 heterocycles. The van der Waals surface area contributed by atoms with Gasteiger partial charge in [-0.15, -0.1) is 0 Å². The van der Waals surface area contributed by atoms with Gasteiger partial charge in [0.05, 0.1) is 11.5 Å². The first-order chi connectivity index (χ1) is 15.0. The van der Waals surface area contributed by atoms with Gasteiger partial charge in [-0.05, 0) is 44.4 Å². The molecule has 0 spiro atoms. The molecule has 7 nitrogen and oxygen atoms in total. The molecule has 1 aromatic heterocycles. The predicted octanol–water partition coefficient (Wildman–Crippen LogP) is 4.19. The number of primary amides is 1. The molecule has 1 fully saturated rings. The molecule has 10 heteroatoms. The van der Waals surface area contributed by atoms with Crippen LogP contribution in [0.3, 0.4) is 0 Å². The summed E-state index contributed by atoms with van der Waals surface area (Å²) in [5.41, 5.74) is 5.80. The molecule has 0 aliphatic heterocycles. The largest absolute Gasteiger partial charge is 0.405 e.